The van der Waals surface area contributed by atoms with Crippen LogP contribution in [-0.4, -0.2) is 62.0 Å². The van der Waals surface area contributed by atoms with Crippen LogP contribution in [0.3, 0.4) is 0 Å². The van der Waals surface area contributed by atoms with Crippen molar-refractivity contribution in [2.45, 2.75) is 25.5 Å². The maximum Gasteiger partial charge on any atom is 0.326 e. The Bertz CT molecular complexity index is 969. The molecule has 0 radical (unpaired) electrons. The molecular weight excluding hydrogens is 409 g/mol. The zero-order valence-corrected chi connectivity index (χ0v) is 17.5. The Morgan fingerprint density at radius 2 is 2.06 bits per heavy atom. The lowest BCUT2D eigenvalue weighted by molar-refractivity contribution is -0.145. The molecule has 0 amide bonds. The summed E-state index contributed by atoms with van der Waals surface area (Å²) < 4.78 is 35.6. The fourth-order valence-electron chi connectivity index (χ4n) is 3.53. The van der Waals surface area contributed by atoms with Gasteiger partial charge < -0.3 is 24.1 Å². The van der Waals surface area contributed by atoms with Crippen LogP contribution in [-0.2, 0) is 14.3 Å². The van der Waals surface area contributed by atoms with Crippen LogP contribution < -0.4 is 15.0 Å². The molecule has 1 fully saturated rings. The molecule has 2 heterocycles. The van der Waals surface area contributed by atoms with Gasteiger partial charge in [-0.25, -0.2) is 9.18 Å². The first-order valence-electron chi connectivity index (χ1n) is 9.96. The van der Waals surface area contributed by atoms with Crippen LogP contribution in [0.15, 0.2) is 35.3 Å². The van der Waals surface area contributed by atoms with Crippen molar-refractivity contribution in [2.24, 2.45) is 0 Å². The lowest BCUT2D eigenvalue weighted by Gasteiger charge is -2.26. The fraction of sp³-hybridized carbons (Fsp3) is 0.455. The predicted molar refractivity (Wildman–Crippen MR) is 111 cm³/mol. The molecule has 8 nitrogen and oxygen atoms in total. The van der Waals surface area contributed by atoms with Crippen LogP contribution >= 0.6 is 0 Å². The molecular formula is C22H26FNO7. The van der Waals surface area contributed by atoms with Gasteiger partial charge >= 0.3 is 5.97 Å². The second-order valence-corrected chi connectivity index (χ2v) is 7.20. The largest absolute Gasteiger partial charge is 0.495 e. The van der Waals surface area contributed by atoms with E-state index in [-0.39, 0.29) is 19.6 Å². The van der Waals surface area contributed by atoms with Crippen LogP contribution in [0.1, 0.15) is 18.0 Å². The van der Waals surface area contributed by atoms with Crippen molar-refractivity contribution in [2.75, 3.05) is 40.2 Å². The van der Waals surface area contributed by atoms with E-state index in [1.54, 1.807) is 12.1 Å². The zero-order chi connectivity index (χ0) is 22.4. The van der Waals surface area contributed by atoms with Crippen LogP contribution in [0.5, 0.6) is 11.5 Å². The first-order valence-corrected chi connectivity index (χ1v) is 9.96. The Labute approximate surface area is 179 Å². The van der Waals surface area contributed by atoms with Gasteiger partial charge in [0.1, 0.15) is 30.8 Å². The monoisotopic (exact) mass is 435 g/mol. The van der Waals surface area contributed by atoms with Crippen LogP contribution in [0.25, 0.3) is 11.1 Å². The Hall–Kier alpha value is -2.91. The molecule has 1 aromatic heterocycles. The molecule has 0 spiro atoms. The molecule has 0 bridgehead atoms. The highest BCUT2D eigenvalue weighted by Crippen LogP contribution is 2.36. The fourth-order valence-corrected chi connectivity index (χ4v) is 3.53. The second kappa shape index (κ2) is 10.4. The van der Waals surface area contributed by atoms with Crippen molar-refractivity contribution in [3.63, 3.8) is 0 Å². The summed E-state index contributed by atoms with van der Waals surface area (Å²) in [5.74, 6) is -0.461. The number of hydrogen-bond acceptors (Lipinski definition) is 6. The molecule has 2 unspecified atom stereocenters. The minimum atomic E-state index is -1.16. The summed E-state index contributed by atoms with van der Waals surface area (Å²) >= 11 is 0. The van der Waals surface area contributed by atoms with E-state index < -0.39 is 30.3 Å². The highest BCUT2D eigenvalue weighted by Gasteiger charge is 2.28. The number of halogens is 1. The number of aryl methyl sites for hydroxylation is 1. The molecule has 0 saturated carbocycles. The summed E-state index contributed by atoms with van der Waals surface area (Å²) in [6, 6.07) is 5.48. The third-order valence-corrected chi connectivity index (χ3v) is 5.02. The van der Waals surface area contributed by atoms with E-state index in [0.717, 1.165) is 10.1 Å². The van der Waals surface area contributed by atoms with Gasteiger partial charge in [0.2, 0.25) is 0 Å². The smallest absolute Gasteiger partial charge is 0.326 e. The van der Waals surface area contributed by atoms with E-state index in [1.165, 1.54) is 19.4 Å². The minimum absolute atomic E-state index is 0.0764. The Morgan fingerprint density at radius 1 is 1.29 bits per heavy atom. The highest BCUT2D eigenvalue weighted by atomic mass is 19.1. The van der Waals surface area contributed by atoms with Gasteiger partial charge in [0.15, 0.2) is 0 Å². The Morgan fingerprint density at radius 3 is 2.71 bits per heavy atom. The number of ether oxygens (including phenoxy) is 4. The van der Waals surface area contributed by atoms with Gasteiger partial charge in [0.25, 0.3) is 5.56 Å². The molecule has 168 valence electrons. The zero-order valence-electron chi connectivity index (χ0n) is 17.5. The number of alkyl halides is 1. The number of nitrogens with zero attached hydrogens (tertiary/aromatic N) is 1. The van der Waals surface area contributed by atoms with Gasteiger partial charge in [-0.3, -0.25) is 9.36 Å². The van der Waals surface area contributed by atoms with Gasteiger partial charge in [0.05, 0.1) is 39.2 Å². The Kier molecular flexibility index (Phi) is 7.64. The molecule has 9 heteroatoms. The third-order valence-electron chi connectivity index (χ3n) is 5.02. The van der Waals surface area contributed by atoms with Crippen LogP contribution in [0.4, 0.5) is 4.39 Å². The normalized spacial score (nSPS) is 17.2. The molecule has 2 atom stereocenters. The standard InChI is InChI=1S/C22H26FNO7/c1-14-3-4-19(31-6-5-23)16(9-14)17-11-21(25)24(12-20(17)28-2)18(22(26)27)10-15-13-29-7-8-30-15/h3-4,9,11-12,15,18H,5-8,10,13H2,1-2H3,(H,26,27). The van der Waals surface area contributed by atoms with Crippen molar-refractivity contribution in [1.29, 1.82) is 0 Å². The van der Waals surface area contributed by atoms with E-state index in [4.69, 9.17) is 18.9 Å². The number of rotatable bonds is 9. The van der Waals surface area contributed by atoms with Crippen molar-refractivity contribution >= 4 is 5.97 Å². The molecule has 1 aliphatic rings. The summed E-state index contributed by atoms with van der Waals surface area (Å²) in [5.41, 5.74) is 1.39. The predicted octanol–water partition coefficient (Wildman–Crippen LogP) is 2.61. The molecule has 2 aromatic rings. The van der Waals surface area contributed by atoms with Gasteiger partial charge in [-0.15, -0.1) is 0 Å². The molecule has 1 aliphatic heterocycles. The molecule has 1 aromatic carbocycles. The first-order chi connectivity index (χ1) is 14.9. The average Bonchev–Trinajstić information content (AvgIpc) is 2.77. The number of methoxy groups -OCH3 is 1. The minimum Gasteiger partial charge on any atom is -0.495 e. The number of carbonyl (C=O) groups is 1. The number of carboxylic acid groups (broad SMARTS) is 1. The molecule has 1 N–H and O–H groups in total. The Balaban J connectivity index is 2.03. The van der Waals surface area contributed by atoms with Gasteiger partial charge in [-0.05, 0) is 19.1 Å². The van der Waals surface area contributed by atoms with Crippen molar-refractivity contribution < 1.29 is 33.2 Å². The third kappa shape index (κ3) is 5.42. The lowest BCUT2D eigenvalue weighted by atomic mass is 10.0. The summed E-state index contributed by atoms with van der Waals surface area (Å²) in [6.45, 7) is 2.21. The van der Waals surface area contributed by atoms with Crippen LogP contribution in [0, 0.1) is 6.92 Å². The molecule has 31 heavy (non-hydrogen) atoms. The van der Waals surface area contributed by atoms with Crippen molar-refractivity contribution in [1.82, 2.24) is 4.57 Å². The lowest BCUT2D eigenvalue weighted by Crippen LogP contribution is -2.36. The molecule has 0 aliphatic carbocycles. The topological polar surface area (TPSA) is 96.2 Å². The number of carboxylic acids is 1. The van der Waals surface area contributed by atoms with Gasteiger partial charge in [-0.2, -0.15) is 0 Å². The quantitative estimate of drug-likeness (QED) is 0.647. The van der Waals surface area contributed by atoms with E-state index in [9.17, 15) is 19.1 Å². The maximum absolute atomic E-state index is 13.0. The summed E-state index contributed by atoms with van der Waals surface area (Å²) in [4.78, 5) is 24.9. The van der Waals surface area contributed by atoms with Crippen molar-refractivity contribution in [3.8, 4) is 22.6 Å². The summed E-state index contributed by atoms with van der Waals surface area (Å²) in [5, 5.41) is 9.76. The summed E-state index contributed by atoms with van der Waals surface area (Å²) in [6.07, 6.45) is 1.03. The van der Waals surface area contributed by atoms with E-state index in [0.29, 0.717) is 35.8 Å². The number of pyridine rings is 1. The number of hydrogen-bond donors (Lipinski definition) is 1. The number of aliphatic carboxylic acids is 1. The second-order valence-electron chi connectivity index (χ2n) is 7.20. The summed E-state index contributed by atoms with van der Waals surface area (Å²) in [7, 11) is 1.43. The van der Waals surface area contributed by atoms with Gasteiger partial charge in [0, 0.05) is 23.6 Å². The van der Waals surface area contributed by atoms with Gasteiger partial charge in [-0.1, -0.05) is 11.6 Å². The van der Waals surface area contributed by atoms with E-state index in [1.807, 2.05) is 13.0 Å². The number of benzene rings is 1. The van der Waals surface area contributed by atoms with E-state index in [2.05, 4.69) is 0 Å². The highest BCUT2D eigenvalue weighted by molar-refractivity contribution is 5.77. The number of aromatic nitrogens is 1. The SMILES string of the molecule is COc1cn(C(CC2COCCO2)C(=O)O)c(=O)cc1-c1cc(C)ccc1OCCF. The first kappa shape index (κ1) is 22.8. The van der Waals surface area contributed by atoms with Crippen LogP contribution in [0.2, 0.25) is 0 Å². The molecule has 3 rings (SSSR count). The van der Waals surface area contributed by atoms with Crippen molar-refractivity contribution in [3.05, 3.63) is 46.4 Å². The molecule has 1 saturated heterocycles. The maximum atomic E-state index is 13.0. The average molecular weight is 435 g/mol. The van der Waals surface area contributed by atoms with E-state index >= 15 is 0 Å².